The van der Waals surface area contributed by atoms with E-state index in [4.69, 9.17) is 15.2 Å². The van der Waals surface area contributed by atoms with Crippen LogP contribution in [0.2, 0.25) is 0 Å². The second-order valence-electron chi connectivity index (χ2n) is 9.30. The first kappa shape index (κ1) is 28.6. The quantitative estimate of drug-likeness (QED) is 0.232. The van der Waals surface area contributed by atoms with Gasteiger partial charge in [-0.25, -0.2) is 18.4 Å². The number of anilines is 3. The highest BCUT2D eigenvalue weighted by Crippen LogP contribution is 2.32. The summed E-state index contributed by atoms with van der Waals surface area (Å²) in [4.78, 5) is 22.5. The number of benzene rings is 3. The van der Waals surface area contributed by atoms with Crippen molar-refractivity contribution in [2.75, 3.05) is 38.4 Å². The molecule has 3 aromatic carbocycles. The lowest BCUT2D eigenvalue weighted by Gasteiger charge is -2.25. The molecule has 0 aliphatic rings. The lowest BCUT2D eigenvalue weighted by molar-refractivity contribution is -0.118. The van der Waals surface area contributed by atoms with Crippen LogP contribution in [0.3, 0.4) is 0 Å². The van der Waals surface area contributed by atoms with Gasteiger partial charge in [0.15, 0.2) is 11.6 Å². The van der Waals surface area contributed by atoms with Crippen LogP contribution in [0.25, 0.3) is 11.0 Å². The summed E-state index contributed by atoms with van der Waals surface area (Å²) < 4.78 is 40.6. The third kappa shape index (κ3) is 6.77. The molecule has 1 amide bonds. The predicted molar refractivity (Wildman–Crippen MR) is 154 cm³/mol. The standard InChI is InChI=1S/C28H32N6O5S/c1-34(2)25(12-13-26(29)35)18-8-7-9-22(14-18)40(36,37)33-28-27(31-23-10-5-6-11-24(23)32-28)30-19-15-20(38-3)17-21(16-19)39-4/h5-11,14-17,25H,12-13H2,1-4H3,(H2,29,35)(H,30,31)(H,32,33). The fraction of sp³-hybridized carbons (Fsp3) is 0.250. The summed E-state index contributed by atoms with van der Waals surface area (Å²) in [5.41, 5.74) is 7.74. The van der Waals surface area contributed by atoms with E-state index >= 15 is 0 Å². The van der Waals surface area contributed by atoms with E-state index in [1.54, 1.807) is 48.5 Å². The molecule has 0 bridgehead atoms. The molecule has 0 radical (unpaired) electrons. The minimum absolute atomic E-state index is 0.0174. The maximum absolute atomic E-state index is 13.6. The van der Waals surface area contributed by atoms with Crippen molar-refractivity contribution >= 4 is 44.3 Å². The molecule has 4 aromatic rings. The average Bonchev–Trinajstić information content (AvgIpc) is 2.93. The number of nitrogens with two attached hydrogens (primary N) is 1. The predicted octanol–water partition coefficient (Wildman–Crippen LogP) is 4.06. The number of fused-ring (bicyclic) bond motifs is 1. The molecule has 0 spiro atoms. The van der Waals surface area contributed by atoms with Crippen LogP contribution in [-0.2, 0) is 14.8 Å². The van der Waals surface area contributed by atoms with Crippen molar-refractivity contribution in [3.8, 4) is 11.5 Å². The Bertz CT molecular complexity index is 1600. The molecule has 0 saturated carbocycles. The van der Waals surface area contributed by atoms with Crippen LogP contribution in [0.4, 0.5) is 17.3 Å². The third-order valence-electron chi connectivity index (χ3n) is 6.26. The number of amides is 1. The topological polar surface area (TPSA) is 149 Å². The van der Waals surface area contributed by atoms with Crippen molar-refractivity contribution < 1.29 is 22.7 Å². The van der Waals surface area contributed by atoms with Gasteiger partial charge >= 0.3 is 0 Å². The largest absolute Gasteiger partial charge is 0.497 e. The fourth-order valence-electron chi connectivity index (χ4n) is 4.25. The van der Waals surface area contributed by atoms with Gasteiger partial charge in [-0.05, 0) is 50.3 Å². The zero-order valence-corrected chi connectivity index (χ0v) is 23.5. The zero-order valence-electron chi connectivity index (χ0n) is 22.7. The van der Waals surface area contributed by atoms with Crippen LogP contribution >= 0.6 is 0 Å². The van der Waals surface area contributed by atoms with Gasteiger partial charge in [-0.1, -0.05) is 24.3 Å². The molecule has 0 fully saturated rings. The number of aromatic nitrogens is 2. The lowest BCUT2D eigenvalue weighted by Crippen LogP contribution is -2.23. The highest BCUT2D eigenvalue weighted by molar-refractivity contribution is 7.92. The number of nitrogens with zero attached hydrogens (tertiary/aromatic N) is 3. The van der Waals surface area contributed by atoms with E-state index in [1.165, 1.54) is 20.3 Å². The highest BCUT2D eigenvalue weighted by atomic mass is 32.2. The Labute approximate surface area is 233 Å². The van der Waals surface area contributed by atoms with Crippen LogP contribution in [0.15, 0.2) is 71.6 Å². The average molecular weight is 565 g/mol. The first-order chi connectivity index (χ1) is 19.1. The van der Waals surface area contributed by atoms with Gasteiger partial charge < -0.3 is 25.4 Å². The Morgan fingerprint density at radius 2 is 1.55 bits per heavy atom. The lowest BCUT2D eigenvalue weighted by atomic mass is 10.0. The number of carbonyl (C=O) groups is 1. The van der Waals surface area contributed by atoms with E-state index < -0.39 is 15.9 Å². The molecule has 12 heteroatoms. The Hall–Kier alpha value is -4.42. The number of rotatable bonds is 12. The number of primary amides is 1. The molecule has 1 atom stereocenters. The molecule has 1 unspecified atom stereocenters. The van der Waals surface area contributed by atoms with Crippen LogP contribution in [0.5, 0.6) is 11.5 Å². The number of hydrogen-bond donors (Lipinski definition) is 3. The fourth-order valence-corrected chi connectivity index (χ4v) is 5.32. The summed E-state index contributed by atoms with van der Waals surface area (Å²) in [7, 11) is 2.71. The van der Waals surface area contributed by atoms with Crippen molar-refractivity contribution in [3.05, 3.63) is 72.3 Å². The Kier molecular flexibility index (Phi) is 8.70. The van der Waals surface area contributed by atoms with Gasteiger partial charge in [0, 0.05) is 36.3 Å². The van der Waals surface area contributed by atoms with Gasteiger partial charge in [0.2, 0.25) is 5.91 Å². The number of hydrogen-bond acceptors (Lipinski definition) is 9. The normalized spacial score (nSPS) is 12.2. The first-order valence-corrected chi connectivity index (χ1v) is 13.9. The van der Waals surface area contributed by atoms with Crippen LogP contribution in [0.1, 0.15) is 24.4 Å². The van der Waals surface area contributed by atoms with Gasteiger partial charge in [0.1, 0.15) is 11.5 Å². The maximum atomic E-state index is 13.6. The SMILES string of the molecule is COc1cc(Nc2nc3ccccc3nc2NS(=O)(=O)c2cccc(C(CCC(N)=O)N(C)C)c2)cc(OC)c1. The summed E-state index contributed by atoms with van der Waals surface area (Å²) in [6, 6.07) is 18.7. The van der Waals surface area contributed by atoms with Crippen LogP contribution < -0.4 is 25.2 Å². The first-order valence-electron chi connectivity index (χ1n) is 12.4. The van der Waals surface area contributed by atoms with Gasteiger partial charge in [0.25, 0.3) is 10.0 Å². The molecule has 210 valence electrons. The smallest absolute Gasteiger partial charge is 0.263 e. The van der Waals surface area contributed by atoms with Gasteiger partial charge in [0.05, 0.1) is 30.1 Å². The number of carbonyl (C=O) groups excluding carboxylic acids is 1. The summed E-state index contributed by atoms with van der Waals surface area (Å²) in [5, 5.41) is 3.15. The van der Waals surface area contributed by atoms with Crippen molar-refractivity contribution in [2.24, 2.45) is 5.73 Å². The summed E-state index contributed by atoms with van der Waals surface area (Å²) in [5.74, 6) is 0.883. The molecular weight excluding hydrogens is 532 g/mol. The third-order valence-corrected chi connectivity index (χ3v) is 7.59. The molecule has 0 aliphatic carbocycles. The number of ether oxygens (including phenoxy) is 2. The Morgan fingerprint density at radius 3 is 2.12 bits per heavy atom. The van der Waals surface area contributed by atoms with E-state index in [1.807, 2.05) is 31.1 Å². The van der Waals surface area contributed by atoms with E-state index in [0.717, 1.165) is 5.56 Å². The van der Waals surface area contributed by atoms with E-state index in [-0.39, 0.29) is 29.0 Å². The van der Waals surface area contributed by atoms with Crippen molar-refractivity contribution in [3.63, 3.8) is 0 Å². The van der Waals surface area contributed by atoms with Gasteiger partial charge in [-0.15, -0.1) is 0 Å². The van der Waals surface area contributed by atoms with E-state index in [9.17, 15) is 13.2 Å². The second kappa shape index (κ2) is 12.2. The monoisotopic (exact) mass is 564 g/mol. The minimum Gasteiger partial charge on any atom is -0.497 e. The van der Waals surface area contributed by atoms with E-state index in [2.05, 4.69) is 20.0 Å². The molecule has 1 heterocycles. The molecule has 11 nitrogen and oxygen atoms in total. The van der Waals surface area contributed by atoms with Crippen molar-refractivity contribution in [2.45, 2.75) is 23.8 Å². The molecule has 4 N–H and O–H groups in total. The highest BCUT2D eigenvalue weighted by Gasteiger charge is 2.22. The van der Waals surface area contributed by atoms with Crippen LogP contribution in [0, 0.1) is 0 Å². The summed E-state index contributed by atoms with van der Waals surface area (Å²) >= 11 is 0. The Morgan fingerprint density at radius 1 is 0.925 bits per heavy atom. The second-order valence-corrected chi connectivity index (χ2v) is 11.0. The molecule has 40 heavy (non-hydrogen) atoms. The van der Waals surface area contributed by atoms with Gasteiger partial charge in [-0.2, -0.15) is 0 Å². The number of nitrogens with one attached hydrogen (secondary N) is 2. The zero-order chi connectivity index (χ0) is 28.9. The van der Waals surface area contributed by atoms with Gasteiger partial charge in [-0.3, -0.25) is 9.52 Å². The minimum atomic E-state index is -4.09. The maximum Gasteiger partial charge on any atom is 0.263 e. The number of methoxy groups -OCH3 is 2. The molecule has 1 aromatic heterocycles. The number of sulfonamides is 1. The van der Waals surface area contributed by atoms with Crippen LogP contribution in [-0.4, -0.2) is 57.5 Å². The Balaban J connectivity index is 1.72. The number of para-hydroxylation sites is 2. The summed E-state index contributed by atoms with van der Waals surface area (Å²) in [6.07, 6.45) is 0.627. The molecule has 0 aliphatic heterocycles. The van der Waals surface area contributed by atoms with Crippen molar-refractivity contribution in [1.82, 2.24) is 14.9 Å². The molecule has 0 saturated heterocycles. The van der Waals surface area contributed by atoms with Crippen molar-refractivity contribution in [1.29, 1.82) is 0 Å². The summed E-state index contributed by atoms with van der Waals surface area (Å²) in [6.45, 7) is 0. The van der Waals surface area contributed by atoms with E-state index in [0.29, 0.717) is 34.6 Å². The molecule has 4 rings (SSSR count). The molecular formula is C28H32N6O5S.